The van der Waals surface area contributed by atoms with Gasteiger partial charge < -0.3 is 10.6 Å². The van der Waals surface area contributed by atoms with E-state index in [9.17, 15) is 0 Å². The van der Waals surface area contributed by atoms with Crippen LogP contribution in [0.25, 0.3) is 10.2 Å². The molecule has 0 radical (unpaired) electrons. The minimum atomic E-state index is 0.134. The lowest BCUT2D eigenvalue weighted by Crippen LogP contribution is -2.60. The van der Waals surface area contributed by atoms with Crippen LogP contribution in [-0.4, -0.2) is 27.1 Å². The van der Waals surface area contributed by atoms with E-state index < -0.39 is 0 Å². The molecule has 0 aliphatic carbocycles. The number of nitrogens with one attached hydrogen (secondary N) is 2. The van der Waals surface area contributed by atoms with Gasteiger partial charge in [-0.05, 0) is 53.0 Å². The van der Waals surface area contributed by atoms with Gasteiger partial charge in [0.1, 0.15) is 17.0 Å². The Morgan fingerprint density at radius 3 is 2.55 bits per heavy atom. The molecule has 5 heteroatoms. The van der Waals surface area contributed by atoms with Crippen molar-refractivity contribution in [3.05, 3.63) is 17.3 Å². The molecular formula is C17H26N4S. The summed E-state index contributed by atoms with van der Waals surface area (Å²) >= 11 is 1.77. The first-order chi connectivity index (χ1) is 10.3. The Hall–Kier alpha value is -1.20. The van der Waals surface area contributed by atoms with Gasteiger partial charge in [-0.25, -0.2) is 9.97 Å². The molecule has 0 unspecified atom stereocenters. The van der Waals surface area contributed by atoms with Gasteiger partial charge in [0.15, 0.2) is 0 Å². The Kier molecular flexibility index (Phi) is 3.89. The van der Waals surface area contributed by atoms with Crippen molar-refractivity contribution in [1.29, 1.82) is 0 Å². The van der Waals surface area contributed by atoms with Gasteiger partial charge in [0.05, 0.1) is 5.39 Å². The monoisotopic (exact) mass is 318 g/mol. The molecule has 0 amide bonds. The zero-order chi connectivity index (χ0) is 16.0. The largest absolute Gasteiger partial charge is 0.367 e. The summed E-state index contributed by atoms with van der Waals surface area (Å²) in [5.74, 6) is 0.986. The summed E-state index contributed by atoms with van der Waals surface area (Å²) in [5.41, 5.74) is 0.267. The quantitative estimate of drug-likeness (QED) is 0.899. The molecule has 1 aliphatic heterocycles. The van der Waals surface area contributed by atoms with Crippen molar-refractivity contribution in [2.75, 3.05) is 5.32 Å². The van der Waals surface area contributed by atoms with Crippen LogP contribution in [0.3, 0.4) is 0 Å². The Bertz CT molecular complexity index is 658. The summed E-state index contributed by atoms with van der Waals surface area (Å²) in [6.07, 6.45) is 4.91. The van der Waals surface area contributed by atoms with Crippen LogP contribution in [0.2, 0.25) is 0 Å². The third-order valence-electron chi connectivity index (χ3n) is 4.26. The highest BCUT2D eigenvalue weighted by Crippen LogP contribution is 2.33. The number of aryl methyl sites for hydroxylation is 1. The number of anilines is 1. The molecule has 2 aromatic rings. The maximum Gasteiger partial charge on any atom is 0.138 e. The topological polar surface area (TPSA) is 49.8 Å². The van der Waals surface area contributed by atoms with Gasteiger partial charge >= 0.3 is 0 Å². The summed E-state index contributed by atoms with van der Waals surface area (Å²) in [7, 11) is 0. The van der Waals surface area contributed by atoms with E-state index in [1.165, 1.54) is 10.3 Å². The van der Waals surface area contributed by atoms with Crippen molar-refractivity contribution < 1.29 is 0 Å². The van der Waals surface area contributed by atoms with Gasteiger partial charge in [-0.1, -0.05) is 6.92 Å². The van der Waals surface area contributed by atoms with Crippen LogP contribution < -0.4 is 10.6 Å². The number of rotatable bonds is 3. The zero-order valence-electron chi connectivity index (χ0n) is 14.2. The van der Waals surface area contributed by atoms with Crippen molar-refractivity contribution in [2.45, 2.75) is 71.0 Å². The van der Waals surface area contributed by atoms with Gasteiger partial charge in [0, 0.05) is 22.0 Å². The van der Waals surface area contributed by atoms with Crippen LogP contribution in [0.4, 0.5) is 5.82 Å². The molecule has 0 aromatic carbocycles. The number of fused-ring (bicyclic) bond motifs is 1. The van der Waals surface area contributed by atoms with E-state index in [1.54, 1.807) is 17.7 Å². The van der Waals surface area contributed by atoms with Gasteiger partial charge in [0.2, 0.25) is 0 Å². The maximum atomic E-state index is 4.51. The van der Waals surface area contributed by atoms with E-state index in [1.807, 2.05) is 0 Å². The van der Waals surface area contributed by atoms with Crippen molar-refractivity contribution in [2.24, 2.45) is 0 Å². The number of hydrogen-bond donors (Lipinski definition) is 2. The van der Waals surface area contributed by atoms with Crippen molar-refractivity contribution in [1.82, 2.24) is 15.3 Å². The van der Waals surface area contributed by atoms with E-state index in [-0.39, 0.29) is 11.1 Å². The average Bonchev–Trinajstić information content (AvgIpc) is 2.79. The highest BCUT2D eigenvalue weighted by Gasteiger charge is 2.37. The summed E-state index contributed by atoms with van der Waals surface area (Å²) in [5, 5.41) is 8.58. The number of nitrogens with zero attached hydrogens (tertiary/aromatic N) is 2. The molecule has 2 N–H and O–H groups in total. The summed E-state index contributed by atoms with van der Waals surface area (Å²) in [6, 6.07) is 2.66. The molecule has 3 heterocycles. The van der Waals surface area contributed by atoms with Crippen molar-refractivity contribution >= 4 is 27.4 Å². The van der Waals surface area contributed by atoms with Crippen LogP contribution in [-0.2, 0) is 6.42 Å². The standard InChI is InChI=1S/C17H26N4S/c1-6-12-7-13-14(18-10-19-15(13)22-12)20-11-8-16(2,3)21-17(4,5)9-11/h7,10-11,21H,6,8-9H2,1-5H3,(H,18,19,20). The van der Waals surface area contributed by atoms with Crippen molar-refractivity contribution in [3.63, 3.8) is 0 Å². The van der Waals surface area contributed by atoms with Gasteiger partial charge in [-0.3, -0.25) is 0 Å². The second-order valence-corrected chi connectivity index (χ2v) is 8.76. The average molecular weight is 318 g/mol. The Morgan fingerprint density at radius 2 is 1.91 bits per heavy atom. The lowest BCUT2D eigenvalue weighted by Gasteiger charge is -2.46. The maximum absolute atomic E-state index is 4.51. The van der Waals surface area contributed by atoms with E-state index in [0.717, 1.165) is 29.9 Å². The zero-order valence-corrected chi connectivity index (χ0v) is 15.0. The van der Waals surface area contributed by atoms with Crippen LogP contribution in [0, 0.1) is 0 Å². The first-order valence-electron chi connectivity index (χ1n) is 8.07. The molecular weight excluding hydrogens is 292 g/mol. The molecule has 1 aliphatic rings. The first-order valence-corrected chi connectivity index (χ1v) is 8.89. The minimum absolute atomic E-state index is 0.134. The van der Waals surface area contributed by atoms with Gasteiger partial charge in [-0.2, -0.15) is 0 Å². The molecule has 4 nitrogen and oxygen atoms in total. The van der Waals surface area contributed by atoms with Gasteiger partial charge in [-0.15, -0.1) is 11.3 Å². The Balaban J connectivity index is 1.88. The highest BCUT2D eigenvalue weighted by molar-refractivity contribution is 7.18. The molecule has 0 atom stereocenters. The second kappa shape index (κ2) is 5.46. The first kappa shape index (κ1) is 15.7. The minimum Gasteiger partial charge on any atom is -0.367 e. The fraction of sp³-hybridized carbons (Fsp3) is 0.647. The molecule has 2 aromatic heterocycles. The molecule has 0 bridgehead atoms. The van der Waals surface area contributed by atoms with Crippen LogP contribution in [0.1, 0.15) is 52.3 Å². The van der Waals surface area contributed by atoms with E-state index in [0.29, 0.717) is 6.04 Å². The number of piperidine rings is 1. The van der Waals surface area contributed by atoms with E-state index in [4.69, 9.17) is 0 Å². The molecule has 22 heavy (non-hydrogen) atoms. The van der Waals surface area contributed by atoms with E-state index in [2.05, 4.69) is 61.3 Å². The number of aromatic nitrogens is 2. The third kappa shape index (κ3) is 3.25. The highest BCUT2D eigenvalue weighted by atomic mass is 32.1. The predicted octanol–water partition coefficient (Wildman–Crippen LogP) is 3.97. The summed E-state index contributed by atoms with van der Waals surface area (Å²) < 4.78 is 0. The summed E-state index contributed by atoms with van der Waals surface area (Å²) in [4.78, 5) is 11.4. The molecule has 3 rings (SSSR count). The molecule has 0 spiro atoms. The summed E-state index contributed by atoms with van der Waals surface area (Å²) in [6.45, 7) is 11.3. The number of hydrogen-bond acceptors (Lipinski definition) is 5. The molecule has 0 saturated carbocycles. The normalized spacial score (nSPS) is 21.1. The van der Waals surface area contributed by atoms with Crippen LogP contribution in [0.5, 0.6) is 0 Å². The van der Waals surface area contributed by atoms with Crippen molar-refractivity contribution in [3.8, 4) is 0 Å². The van der Waals surface area contributed by atoms with Gasteiger partial charge in [0.25, 0.3) is 0 Å². The van der Waals surface area contributed by atoms with Crippen LogP contribution in [0.15, 0.2) is 12.4 Å². The second-order valence-electron chi connectivity index (χ2n) is 7.65. The fourth-order valence-corrected chi connectivity index (χ4v) is 4.75. The van der Waals surface area contributed by atoms with Crippen LogP contribution >= 0.6 is 11.3 Å². The predicted molar refractivity (Wildman–Crippen MR) is 94.7 cm³/mol. The SMILES string of the molecule is CCc1cc2c(NC3CC(C)(C)NC(C)(C)C3)ncnc2s1. The van der Waals surface area contributed by atoms with E-state index >= 15 is 0 Å². The third-order valence-corrected chi connectivity index (χ3v) is 5.45. The molecule has 1 saturated heterocycles. The smallest absolute Gasteiger partial charge is 0.138 e. The Labute approximate surface area is 136 Å². The lowest BCUT2D eigenvalue weighted by atomic mass is 9.79. The number of thiophene rings is 1. The lowest BCUT2D eigenvalue weighted by molar-refractivity contribution is 0.170. The molecule has 1 fully saturated rings. The fourth-order valence-electron chi connectivity index (χ4n) is 3.81. The molecule has 120 valence electrons. The Morgan fingerprint density at radius 1 is 1.23 bits per heavy atom.